The fraction of sp³-hybridized carbons (Fsp3) is 0.353. The van der Waals surface area contributed by atoms with E-state index >= 15 is 0 Å². The molecule has 1 amide bonds. The lowest BCUT2D eigenvalue weighted by molar-refractivity contribution is -0.131. The van der Waals surface area contributed by atoms with E-state index in [9.17, 15) is 4.79 Å². The first-order valence-electron chi connectivity index (χ1n) is 7.76. The summed E-state index contributed by atoms with van der Waals surface area (Å²) in [6.07, 6.45) is 1.68. The van der Waals surface area contributed by atoms with E-state index in [1.807, 2.05) is 48.9 Å². The van der Waals surface area contributed by atoms with Gasteiger partial charge in [-0.25, -0.2) is 0 Å². The fourth-order valence-corrected chi connectivity index (χ4v) is 2.62. The number of nitrogens with zero attached hydrogens (tertiary/aromatic N) is 3. The van der Waals surface area contributed by atoms with Gasteiger partial charge >= 0.3 is 0 Å². The zero-order valence-corrected chi connectivity index (χ0v) is 13.3. The van der Waals surface area contributed by atoms with Crippen LogP contribution < -0.4 is 5.32 Å². The summed E-state index contributed by atoms with van der Waals surface area (Å²) >= 11 is 0. The maximum Gasteiger partial charge on any atom is 0.264 e. The highest BCUT2D eigenvalue weighted by molar-refractivity contribution is 6.04. The number of amides is 1. The molecular weight excluding hydrogens is 292 g/mol. The Hall–Kier alpha value is -2.63. The highest BCUT2D eigenvalue weighted by atomic mass is 16.6. The van der Waals surface area contributed by atoms with Gasteiger partial charge in [-0.05, 0) is 19.4 Å². The Labute approximate surface area is 135 Å². The van der Waals surface area contributed by atoms with E-state index < -0.39 is 6.10 Å². The van der Waals surface area contributed by atoms with Gasteiger partial charge in [-0.2, -0.15) is 5.10 Å². The second-order valence-electron chi connectivity index (χ2n) is 5.50. The predicted molar refractivity (Wildman–Crippen MR) is 87.0 cm³/mol. The molecule has 6 heteroatoms. The van der Waals surface area contributed by atoms with Crippen LogP contribution in [-0.2, 0) is 22.7 Å². The molecule has 0 fully saturated rings. The third-order valence-electron chi connectivity index (χ3n) is 3.98. The molecule has 0 radical (unpaired) electrons. The molecule has 23 heavy (non-hydrogen) atoms. The lowest BCUT2D eigenvalue weighted by Gasteiger charge is -2.09. The highest BCUT2D eigenvalue weighted by Crippen LogP contribution is 2.19. The van der Waals surface area contributed by atoms with Gasteiger partial charge in [-0.15, -0.1) is 0 Å². The maximum atomic E-state index is 12.2. The van der Waals surface area contributed by atoms with Crippen LogP contribution in [0.2, 0.25) is 0 Å². The molecule has 3 rings (SSSR count). The van der Waals surface area contributed by atoms with Crippen molar-refractivity contribution >= 4 is 11.6 Å². The number of oxime groups is 1. The Morgan fingerprint density at radius 2 is 2.17 bits per heavy atom. The Morgan fingerprint density at radius 3 is 2.87 bits per heavy atom. The molecule has 1 aliphatic rings. The first-order valence-corrected chi connectivity index (χ1v) is 7.76. The number of hydrogen-bond donors (Lipinski definition) is 1. The van der Waals surface area contributed by atoms with Gasteiger partial charge in [0.15, 0.2) is 0 Å². The van der Waals surface area contributed by atoms with E-state index in [1.165, 1.54) is 0 Å². The molecule has 1 aromatic carbocycles. The molecule has 120 valence electrons. The third-order valence-corrected chi connectivity index (χ3v) is 3.98. The van der Waals surface area contributed by atoms with Crippen molar-refractivity contribution in [2.45, 2.75) is 39.5 Å². The highest BCUT2D eigenvalue weighted by Gasteiger charge is 2.30. The van der Waals surface area contributed by atoms with E-state index in [-0.39, 0.29) is 5.91 Å². The van der Waals surface area contributed by atoms with Crippen molar-refractivity contribution in [3.8, 4) is 0 Å². The van der Waals surface area contributed by atoms with Gasteiger partial charge < -0.3 is 10.2 Å². The standard InChI is InChI=1S/C17H20N4O2/c1-3-21-12(2)14(11-19-21)15-9-16(23-20-15)17(22)18-10-13-7-5-4-6-8-13/h4-8,11,16H,3,9-10H2,1-2H3,(H,18,22)/t16-/m0/s1. The quantitative estimate of drug-likeness (QED) is 0.918. The minimum Gasteiger partial charge on any atom is -0.382 e. The SMILES string of the molecule is CCn1ncc(C2=NO[C@H](C(=O)NCc3ccccc3)C2)c1C. The van der Waals surface area contributed by atoms with Gasteiger partial charge in [-0.3, -0.25) is 9.48 Å². The van der Waals surface area contributed by atoms with Crippen LogP contribution in [-0.4, -0.2) is 27.5 Å². The van der Waals surface area contributed by atoms with Gasteiger partial charge in [-0.1, -0.05) is 35.5 Å². The molecule has 1 atom stereocenters. The smallest absolute Gasteiger partial charge is 0.264 e. The van der Waals surface area contributed by atoms with Crippen molar-refractivity contribution in [3.63, 3.8) is 0 Å². The first kappa shape index (κ1) is 15.3. The Bertz CT molecular complexity index is 721. The van der Waals surface area contributed by atoms with Crippen molar-refractivity contribution < 1.29 is 9.63 Å². The minimum absolute atomic E-state index is 0.145. The first-order chi connectivity index (χ1) is 11.2. The van der Waals surface area contributed by atoms with Crippen LogP contribution in [0.4, 0.5) is 0 Å². The van der Waals surface area contributed by atoms with E-state index in [0.29, 0.717) is 13.0 Å². The number of hydrogen-bond acceptors (Lipinski definition) is 4. The number of nitrogens with one attached hydrogen (secondary N) is 1. The molecule has 0 spiro atoms. The van der Waals surface area contributed by atoms with E-state index in [0.717, 1.165) is 29.1 Å². The van der Waals surface area contributed by atoms with Crippen molar-refractivity contribution in [3.05, 3.63) is 53.3 Å². The molecule has 1 aromatic heterocycles. The van der Waals surface area contributed by atoms with Crippen LogP contribution >= 0.6 is 0 Å². The van der Waals surface area contributed by atoms with Crippen molar-refractivity contribution in [1.29, 1.82) is 0 Å². The van der Waals surface area contributed by atoms with E-state index in [2.05, 4.69) is 15.6 Å². The Morgan fingerprint density at radius 1 is 1.39 bits per heavy atom. The average Bonchev–Trinajstić information content (AvgIpc) is 3.20. The Kier molecular flexibility index (Phi) is 4.41. The summed E-state index contributed by atoms with van der Waals surface area (Å²) in [5.74, 6) is -0.145. The summed E-state index contributed by atoms with van der Waals surface area (Å²) in [4.78, 5) is 17.5. The number of carbonyl (C=O) groups excluding carboxylic acids is 1. The lowest BCUT2D eigenvalue weighted by atomic mass is 10.1. The summed E-state index contributed by atoms with van der Waals surface area (Å²) < 4.78 is 1.90. The number of aromatic nitrogens is 2. The zero-order chi connectivity index (χ0) is 16.2. The van der Waals surface area contributed by atoms with Crippen LogP contribution in [0, 0.1) is 6.92 Å². The summed E-state index contributed by atoms with van der Waals surface area (Å²) in [5, 5.41) is 11.3. The van der Waals surface area contributed by atoms with Gasteiger partial charge in [0.2, 0.25) is 6.10 Å². The second kappa shape index (κ2) is 6.64. The van der Waals surface area contributed by atoms with Crippen molar-refractivity contribution in [2.24, 2.45) is 5.16 Å². The molecule has 1 N–H and O–H groups in total. The average molecular weight is 312 g/mol. The Balaban J connectivity index is 1.58. The van der Waals surface area contributed by atoms with Crippen molar-refractivity contribution in [1.82, 2.24) is 15.1 Å². The summed E-state index contributed by atoms with van der Waals surface area (Å²) in [6.45, 7) is 5.33. The molecule has 2 heterocycles. The molecular formula is C17H20N4O2. The van der Waals surface area contributed by atoms with Gasteiger partial charge in [0, 0.05) is 30.8 Å². The number of aryl methyl sites for hydroxylation is 1. The molecule has 0 saturated carbocycles. The summed E-state index contributed by atoms with van der Waals surface area (Å²) in [5.41, 5.74) is 3.83. The van der Waals surface area contributed by atoms with Crippen LogP contribution in [0.3, 0.4) is 0 Å². The molecule has 0 saturated heterocycles. The van der Waals surface area contributed by atoms with Crippen LogP contribution in [0.1, 0.15) is 30.2 Å². The molecule has 2 aromatic rings. The van der Waals surface area contributed by atoms with Gasteiger partial charge in [0.05, 0.1) is 11.9 Å². The predicted octanol–water partition coefficient (Wildman–Crippen LogP) is 2.02. The third kappa shape index (κ3) is 3.26. The normalized spacial score (nSPS) is 16.8. The molecule has 0 aliphatic carbocycles. The zero-order valence-electron chi connectivity index (χ0n) is 13.3. The molecule has 1 aliphatic heterocycles. The number of rotatable bonds is 5. The monoisotopic (exact) mass is 312 g/mol. The second-order valence-corrected chi connectivity index (χ2v) is 5.50. The summed E-state index contributed by atoms with van der Waals surface area (Å²) in [7, 11) is 0. The van der Waals surface area contributed by atoms with Crippen molar-refractivity contribution in [2.75, 3.05) is 0 Å². The largest absolute Gasteiger partial charge is 0.382 e. The van der Waals surface area contributed by atoms with Gasteiger partial charge in [0.1, 0.15) is 0 Å². The minimum atomic E-state index is -0.571. The fourth-order valence-electron chi connectivity index (χ4n) is 2.62. The maximum absolute atomic E-state index is 12.2. The molecule has 0 bridgehead atoms. The number of carbonyl (C=O) groups is 1. The lowest BCUT2D eigenvalue weighted by Crippen LogP contribution is -2.34. The molecule has 6 nitrogen and oxygen atoms in total. The summed E-state index contributed by atoms with van der Waals surface area (Å²) in [6, 6.07) is 9.79. The van der Waals surface area contributed by atoms with Crippen LogP contribution in [0.25, 0.3) is 0 Å². The molecule has 0 unspecified atom stereocenters. The van der Waals surface area contributed by atoms with Gasteiger partial charge in [0.25, 0.3) is 5.91 Å². The van der Waals surface area contributed by atoms with Crippen LogP contribution in [0.5, 0.6) is 0 Å². The van der Waals surface area contributed by atoms with E-state index in [1.54, 1.807) is 6.20 Å². The topological polar surface area (TPSA) is 68.5 Å². The van der Waals surface area contributed by atoms with Crippen LogP contribution in [0.15, 0.2) is 41.7 Å². The number of benzene rings is 1. The van der Waals surface area contributed by atoms with E-state index in [4.69, 9.17) is 4.84 Å².